The van der Waals surface area contributed by atoms with Gasteiger partial charge in [0.15, 0.2) is 0 Å². The molecular formula is C14H14ClNOS. The zero-order valence-corrected chi connectivity index (χ0v) is 11.4. The van der Waals surface area contributed by atoms with Crippen LogP contribution >= 0.6 is 11.6 Å². The predicted molar refractivity (Wildman–Crippen MR) is 77.9 cm³/mol. The predicted octanol–water partition coefficient (Wildman–Crippen LogP) is 3.37. The minimum absolute atomic E-state index is 0.389. The lowest BCUT2D eigenvalue weighted by atomic mass is 10.2. The lowest BCUT2D eigenvalue weighted by molar-refractivity contribution is 0.682. The molecule has 0 bridgehead atoms. The Labute approximate surface area is 114 Å². The summed E-state index contributed by atoms with van der Waals surface area (Å²) in [5.41, 5.74) is 8.27. The van der Waals surface area contributed by atoms with Gasteiger partial charge in [-0.2, -0.15) is 0 Å². The lowest BCUT2D eigenvalue weighted by Crippen LogP contribution is -2.03. The molecule has 0 saturated carbocycles. The van der Waals surface area contributed by atoms with Crippen LogP contribution in [0.15, 0.2) is 48.5 Å². The van der Waals surface area contributed by atoms with E-state index in [1.807, 2.05) is 30.3 Å². The van der Waals surface area contributed by atoms with Gasteiger partial charge in [0, 0.05) is 32.8 Å². The zero-order valence-electron chi connectivity index (χ0n) is 9.80. The number of halogens is 1. The third-order valence-corrected chi connectivity index (χ3v) is 4.25. The normalized spacial score (nSPS) is 12.3. The number of rotatable bonds is 4. The second kappa shape index (κ2) is 6.03. The molecule has 0 aliphatic carbocycles. The highest BCUT2D eigenvalue weighted by Crippen LogP contribution is 2.24. The van der Waals surface area contributed by atoms with E-state index < -0.39 is 10.8 Å². The quantitative estimate of drug-likeness (QED) is 0.872. The summed E-state index contributed by atoms with van der Waals surface area (Å²) in [6.45, 7) is 0. The molecule has 0 aromatic heterocycles. The highest BCUT2D eigenvalue weighted by molar-refractivity contribution is 7.83. The van der Waals surface area contributed by atoms with Crippen molar-refractivity contribution in [3.63, 3.8) is 0 Å². The molecule has 2 aromatic carbocycles. The molecular weight excluding hydrogens is 266 g/mol. The molecule has 0 radical (unpaired) electrons. The zero-order chi connectivity index (χ0) is 13.0. The summed E-state index contributed by atoms with van der Waals surface area (Å²) in [5, 5.41) is 0.580. The third-order valence-electron chi connectivity index (χ3n) is 2.63. The number of benzene rings is 2. The van der Waals surface area contributed by atoms with Crippen LogP contribution in [0, 0.1) is 0 Å². The average molecular weight is 280 g/mol. The monoisotopic (exact) mass is 279 g/mol. The maximum Gasteiger partial charge on any atom is 0.0524 e. The van der Waals surface area contributed by atoms with Crippen LogP contribution in [0.4, 0.5) is 5.69 Å². The third kappa shape index (κ3) is 3.34. The maximum atomic E-state index is 12.1. The van der Waals surface area contributed by atoms with E-state index >= 15 is 0 Å². The summed E-state index contributed by atoms with van der Waals surface area (Å²) in [6.07, 6.45) is 0. The van der Waals surface area contributed by atoms with Crippen LogP contribution < -0.4 is 5.73 Å². The summed E-state index contributed by atoms with van der Waals surface area (Å²) in [6, 6.07) is 15.1. The van der Waals surface area contributed by atoms with E-state index in [9.17, 15) is 4.21 Å². The van der Waals surface area contributed by atoms with Crippen molar-refractivity contribution in [2.45, 2.75) is 11.5 Å². The number of hydrogen-bond acceptors (Lipinski definition) is 2. The van der Waals surface area contributed by atoms with Crippen molar-refractivity contribution in [1.82, 2.24) is 0 Å². The van der Waals surface area contributed by atoms with Gasteiger partial charge in [0.25, 0.3) is 0 Å². The van der Waals surface area contributed by atoms with Crippen LogP contribution in [-0.4, -0.2) is 4.21 Å². The first-order valence-electron chi connectivity index (χ1n) is 5.58. The minimum Gasteiger partial charge on any atom is -0.398 e. The van der Waals surface area contributed by atoms with Crippen LogP contribution in [0.5, 0.6) is 0 Å². The SMILES string of the molecule is Nc1cccc(Cl)c1CS(=O)Cc1ccccc1. The molecule has 1 unspecified atom stereocenters. The average Bonchev–Trinajstić information content (AvgIpc) is 2.35. The molecule has 18 heavy (non-hydrogen) atoms. The molecule has 2 nitrogen and oxygen atoms in total. The van der Waals surface area contributed by atoms with Crippen molar-refractivity contribution in [1.29, 1.82) is 0 Å². The molecule has 0 fully saturated rings. The Bertz CT molecular complexity index is 537. The van der Waals surface area contributed by atoms with Crippen LogP contribution in [0.3, 0.4) is 0 Å². The first-order valence-corrected chi connectivity index (χ1v) is 7.45. The number of hydrogen-bond donors (Lipinski definition) is 1. The molecule has 94 valence electrons. The van der Waals surface area contributed by atoms with Gasteiger partial charge in [0.05, 0.1) is 5.75 Å². The fraction of sp³-hybridized carbons (Fsp3) is 0.143. The van der Waals surface area contributed by atoms with Gasteiger partial charge >= 0.3 is 0 Å². The standard InChI is InChI=1S/C14H14ClNOS/c15-13-7-4-8-14(16)12(13)10-18(17)9-11-5-2-1-3-6-11/h1-8H,9-10,16H2. The van der Waals surface area contributed by atoms with Gasteiger partial charge in [-0.3, -0.25) is 4.21 Å². The summed E-state index contributed by atoms with van der Waals surface area (Å²) < 4.78 is 12.1. The molecule has 0 amide bonds. The van der Waals surface area contributed by atoms with Gasteiger partial charge in [-0.1, -0.05) is 48.0 Å². The molecule has 0 heterocycles. The Morgan fingerprint density at radius 2 is 1.72 bits per heavy atom. The van der Waals surface area contributed by atoms with Gasteiger partial charge in [-0.15, -0.1) is 0 Å². The van der Waals surface area contributed by atoms with E-state index in [-0.39, 0.29) is 0 Å². The molecule has 2 N–H and O–H groups in total. The van der Waals surface area contributed by atoms with Crippen molar-refractivity contribution in [3.05, 3.63) is 64.7 Å². The topological polar surface area (TPSA) is 43.1 Å². The minimum atomic E-state index is -1.01. The maximum absolute atomic E-state index is 12.1. The van der Waals surface area contributed by atoms with E-state index in [1.165, 1.54) is 0 Å². The molecule has 0 spiro atoms. The van der Waals surface area contributed by atoms with E-state index in [1.54, 1.807) is 18.2 Å². The van der Waals surface area contributed by atoms with Gasteiger partial charge in [-0.05, 0) is 17.7 Å². The van der Waals surface area contributed by atoms with Crippen molar-refractivity contribution in [2.75, 3.05) is 5.73 Å². The Morgan fingerprint density at radius 1 is 1.00 bits per heavy atom. The highest BCUT2D eigenvalue weighted by atomic mass is 35.5. The van der Waals surface area contributed by atoms with Crippen LogP contribution in [-0.2, 0) is 22.3 Å². The van der Waals surface area contributed by atoms with E-state index in [0.29, 0.717) is 22.2 Å². The van der Waals surface area contributed by atoms with Gasteiger partial charge in [-0.25, -0.2) is 0 Å². The number of anilines is 1. The Kier molecular flexibility index (Phi) is 4.39. The fourth-order valence-electron chi connectivity index (χ4n) is 1.70. The van der Waals surface area contributed by atoms with Gasteiger partial charge < -0.3 is 5.73 Å². The fourth-order valence-corrected chi connectivity index (χ4v) is 3.34. The molecule has 2 rings (SSSR count). The summed E-state index contributed by atoms with van der Waals surface area (Å²) in [4.78, 5) is 0. The summed E-state index contributed by atoms with van der Waals surface area (Å²) in [5.74, 6) is 0.909. The van der Waals surface area contributed by atoms with Gasteiger partial charge in [0.2, 0.25) is 0 Å². The molecule has 2 aromatic rings. The first-order chi connectivity index (χ1) is 8.66. The highest BCUT2D eigenvalue weighted by Gasteiger charge is 2.09. The van der Waals surface area contributed by atoms with Crippen molar-refractivity contribution < 1.29 is 4.21 Å². The smallest absolute Gasteiger partial charge is 0.0524 e. The lowest BCUT2D eigenvalue weighted by Gasteiger charge is -2.08. The molecule has 0 aliphatic rings. The van der Waals surface area contributed by atoms with Crippen molar-refractivity contribution in [3.8, 4) is 0 Å². The van der Waals surface area contributed by atoms with Crippen molar-refractivity contribution in [2.24, 2.45) is 0 Å². The van der Waals surface area contributed by atoms with Crippen molar-refractivity contribution >= 4 is 28.1 Å². The van der Waals surface area contributed by atoms with Crippen LogP contribution in [0.2, 0.25) is 5.02 Å². The van der Waals surface area contributed by atoms with Crippen LogP contribution in [0.25, 0.3) is 0 Å². The Balaban J connectivity index is 2.08. The Morgan fingerprint density at radius 3 is 2.39 bits per heavy atom. The van der Waals surface area contributed by atoms with E-state index in [4.69, 9.17) is 17.3 Å². The van der Waals surface area contributed by atoms with Crippen LogP contribution in [0.1, 0.15) is 11.1 Å². The van der Waals surface area contributed by atoms with E-state index in [2.05, 4.69) is 0 Å². The molecule has 4 heteroatoms. The number of nitrogen functional groups attached to an aromatic ring is 1. The van der Waals surface area contributed by atoms with E-state index in [0.717, 1.165) is 11.1 Å². The molecule has 1 atom stereocenters. The second-order valence-electron chi connectivity index (χ2n) is 4.02. The van der Waals surface area contributed by atoms with Gasteiger partial charge in [0.1, 0.15) is 0 Å². The largest absolute Gasteiger partial charge is 0.398 e. The summed E-state index contributed by atoms with van der Waals surface area (Å²) in [7, 11) is -1.01. The first kappa shape index (κ1) is 13.1. The Hall–Kier alpha value is -1.32. The number of nitrogens with two attached hydrogens (primary N) is 1. The molecule has 0 aliphatic heterocycles. The second-order valence-corrected chi connectivity index (χ2v) is 5.89. The molecule has 0 saturated heterocycles. The summed E-state index contributed by atoms with van der Waals surface area (Å²) >= 11 is 6.06.